The number of aliphatic hydroxyl groups excluding tert-OH is 1. The van der Waals surface area contributed by atoms with E-state index in [2.05, 4.69) is 10.6 Å². The molecule has 1 rings (SSSR count). The van der Waals surface area contributed by atoms with Gasteiger partial charge in [-0.3, -0.25) is 19.2 Å². The van der Waals surface area contributed by atoms with Crippen molar-refractivity contribution in [3.8, 4) is 0 Å². The van der Waals surface area contributed by atoms with E-state index in [9.17, 15) is 19.2 Å². The number of ketones is 1. The van der Waals surface area contributed by atoms with Crippen LogP contribution in [0.2, 0.25) is 0 Å². The normalized spacial score (nSPS) is 21.7. The third-order valence-electron chi connectivity index (χ3n) is 4.74. The molecule has 0 aromatic carbocycles. The van der Waals surface area contributed by atoms with E-state index in [1.165, 1.54) is 11.8 Å². The molecule has 0 aromatic heterocycles. The number of aliphatic hydroxyl groups is 1. The lowest BCUT2D eigenvalue weighted by Crippen LogP contribution is -2.49. The maximum absolute atomic E-state index is 12.8. The first-order valence-corrected chi connectivity index (χ1v) is 12.5. The molecule has 0 saturated heterocycles. The van der Waals surface area contributed by atoms with Gasteiger partial charge in [0.2, 0.25) is 11.8 Å². The molecule has 6 N–H and O–H groups in total. The second kappa shape index (κ2) is 15.3. The van der Waals surface area contributed by atoms with Gasteiger partial charge in [0, 0.05) is 23.8 Å². The van der Waals surface area contributed by atoms with Crippen LogP contribution < -0.4 is 16.4 Å². The Morgan fingerprint density at radius 3 is 2.17 bits per heavy atom. The van der Waals surface area contributed by atoms with Gasteiger partial charge in [0.15, 0.2) is 5.78 Å². The van der Waals surface area contributed by atoms with E-state index < -0.39 is 60.0 Å². The van der Waals surface area contributed by atoms with Crippen molar-refractivity contribution in [3.63, 3.8) is 0 Å². The fourth-order valence-corrected chi connectivity index (χ4v) is 4.65. The SMILES string of the molecule is C=O.CC(C)(C)OC1C(=O)CC(SCC(NC(=O)CCC(N)C(=O)O)C(=O)NCO)C1OC(C)(C)C. The molecule has 208 valence electrons. The summed E-state index contributed by atoms with van der Waals surface area (Å²) < 4.78 is 12.2. The molecule has 36 heavy (non-hydrogen) atoms. The third-order valence-corrected chi connectivity index (χ3v) is 6.13. The molecule has 1 fully saturated rings. The van der Waals surface area contributed by atoms with Crippen molar-refractivity contribution in [2.24, 2.45) is 5.73 Å². The van der Waals surface area contributed by atoms with Gasteiger partial charge < -0.3 is 40.8 Å². The molecular weight excluding hydrogens is 494 g/mol. The lowest BCUT2D eigenvalue weighted by molar-refractivity contribution is -0.162. The monoisotopic (exact) mass is 535 g/mol. The fourth-order valence-electron chi connectivity index (χ4n) is 3.30. The molecular formula is C23H41N3O9S. The second-order valence-electron chi connectivity index (χ2n) is 10.2. The summed E-state index contributed by atoms with van der Waals surface area (Å²) in [6, 6.07) is -2.21. The van der Waals surface area contributed by atoms with Gasteiger partial charge in [0.25, 0.3) is 0 Å². The summed E-state index contributed by atoms with van der Waals surface area (Å²) in [4.78, 5) is 56.3. The molecule has 2 amide bonds. The Balaban J connectivity index is 0.00000596. The number of thioether (sulfide) groups is 1. The molecule has 0 bridgehead atoms. The number of ether oxygens (including phenoxy) is 2. The zero-order chi connectivity index (χ0) is 28.3. The van der Waals surface area contributed by atoms with Crippen LogP contribution in [0.1, 0.15) is 60.8 Å². The van der Waals surface area contributed by atoms with Crippen LogP contribution in [0.4, 0.5) is 0 Å². The fraction of sp³-hybridized carbons (Fsp3) is 0.783. The van der Waals surface area contributed by atoms with Gasteiger partial charge in [-0.1, -0.05) is 0 Å². The maximum Gasteiger partial charge on any atom is 0.320 e. The summed E-state index contributed by atoms with van der Waals surface area (Å²) >= 11 is 1.30. The molecule has 0 radical (unpaired) electrons. The lowest BCUT2D eigenvalue weighted by Gasteiger charge is -2.34. The smallest absolute Gasteiger partial charge is 0.320 e. The first-order valence-electron chi connectivity index (χ1n) is 11.5. The molecule has 13 heteroatoms. The molecule has 12 nitrogen and oxygen atoms in total. The van der Waals surface area contributed by atoms with Crippen LogP contribution in [0.5, 0.6) is 0 Å². The lowest BCUT2D eigenvalue weighted by atomic mass is 10.1. The van der Waals surface area contributed by atoms with Crippen LogP contribution in [-0.2, 0) is 33.4 Å². The number of carbonyl (C=O) groups excluding carboxylic acids is 4. The summed E-state index contributed by atoms with van der Waals surface area (Å²) in [6.45, 7) is 12.6. The van der Waals surface area contributed by atoms with Crippen LogP contribution in [0.3, 0.4) is 0 Å². The van der Waals surface area contributed by atoms with Crippen molar-refractivity contribution < 1.29 is 43.7 Å². The topological polar surface area (TPSA) is 194 Å². The van der Waals surface area contributed by atoms with Gasteiger partial charge in [-0.2, -0.15) is 11.8 Å². The predicted octanol–water partition coefficient (Wildman–Crippen LogP) is -0.0136. The highest BCUT2D eigenvalue weighted by Crippen LogP contribution is 2.36. The molecule has 0 spiro atoms. The number of carbonyl (C=O) groups is 5. The van der Waals surface area contributed by atoms with Crippen LogP contribution in [0, 0.1) is 0 Å². The average Bonchev–Trinajstić information content (AvgIpc) is 3.02. The van der Waals surface area contributed by atoms with Gasteiger partial charge >= 0.3 is 5.97 Å². The summed E-state index contributed by atoms with van der Waals surface area (Å²) in [5, 5.41) is 22.4. The third kappa shape index (κ3) is 12.8. The number of nitrogens with two attached hydrogens (primary N) is 1. The standard InChI is InChI=1S/C22H39N3O8S.CH2O/c1-21(2,3)32-17-14(27)9-15(18(17)33-22(4,5)6)34-10-13(19(29)24-11-26)25-16(28)8-7-12(23)20(30)31;1-2/h12-13,15,17-18,26H,7-11,23H2,1-6H3,(H,24,29)(H,25,28)(H,30,31);1H2. The number of hydrogen-bond acceptors (Lipinski definition) is 10. The van der Waals surface area contributed by atoms with Crippen LogP contribution in [0.25, 0.3) is 0 Å². The summed E-state index contributed by atoms with van der Waals surface area (Å²) in [5.74, 6) is -2.36. The number of carboxylic acid groups (broad SMARTS) is 1. The van der Waals surface area contributed by atoms with E-state index in [1.807, 2.05) is 48.3 Å². The Kier molecular flexibility index (Phi) is 14.4. The van der Waals surface area contributed by atoms with Crippen molar-refractivity contribution in [1.29, 1.82) is 0 Å². The first-order chi connectivity index (χ1) is 16.5. The first kappa shape index (κ1) is 33.9. The van der Waals surface area contributed by atoms with Crippen molar-refractivity contribution >= 4 is 42.1 Å². The number of nitrogens with one attached hydrogen (secondary N) is 2. The highest BCUT2D eigenvalue weighted by molar-refractivity contribution is 8.00. The molecule has 1 aliphatic carbocycles. The predicted molar refractivity (Wildman–Crippen MR) is 134 cm³/mol. The van der Waals surface area contributed by atoms with E-state index in [0.29, 0.717) is 0 Å². The maximum atomic E-state index is 12.8. The van der Waals surface area contributed by atoms with Crippen molar-refractivity contribution in [2.45, 2.75) is 102 Å². The zero-order valence-corrected chi connectivity index (χ0v) is 22.7. The van der Waals surface area contributed by atoms with Crippen LogP contribution in [-0.4, -0.2) is 93.8 Å². The number of amides is 2. The van der Waals surface area contributed by atoms with E-state index >= 15 is 0 Å². The van der Waals surface area contributed by atoms with Crippen molar-refractivity contribution in [1.82, 2.24) is 10.6 Å². The number of carboxylic acids is 1. The molecule has 5 atom stereocenters. The van der Waals surface area contributed by atoms with Crippen molar-refractivity contribution in [2.75, 3.05) is 12.5 Å². The molecule has 5 unspecified atom stereocenters. The quantitative estimate of drug-likeness (QED) is 0.211. The Morgan fingerprint density at radius 2 is 1.69 bits per heavy atom. The highest BCUT2D eigenvalue weighted by atomic mass is 32.2. The van der Waals surface area contributed by atoms with E-state index in [0.717, 1.165) is 0 Å². The van der Waals surface area contributed by atoms with E-state index in [-0.39, 0.29) is 36.0 Å². The average molecular weight is 536 g/mol. The minimum atomic E-state index is -1.22. The Bertz CT molecular complexity index is 752. The van der Waals surface area contributed by atoms with Gasteiger partial charge in [0.1, 0.15) is 37.8 Å². The summed E-state index contributed by atoms with van der Waals surface area (Å²) in [7, 11) is 0. The van der Waals surface area contributed by atoms with Gasteiger partial charge in [0.05, 0.1) is 11.2 Å². The number of Topliss-reactive ketones (excluding diaryl/α,β-unsaturated/α-hetero) is 1. The number of rotatable bonds is 12. The summed E-state index contributed by atoms with van der Waals surface area (Å²) in [6.07, 6.45) is -1.40. The minimum Gasteiger partial charge on any atom is -0.480 e. The van der Waals surface area contributed by atoms with Gasteiger partial charge in [-0.15, -0.1) is 0 Å². The molecule has 1 saturated carbocycles. The van der Waals surface area contributed by atoms with Crippen LogP contribution in [0.15, 0.2) is 0 Å². The van der Waals surface area contributed by atoms with E-state index in [4.69, 9.17) is 30.2 Å². The molecule has 0 aliphatic heterocycles. The van der Waals surface area contributed by atoms with Crippen molar-refractivity contribution in [3.05, 3.63) is 0 Å². The largest absolute Gasteiger partial charge is 0.480 e. The summed E-state index contributed by atoms with van der Waals surface area (Å²) in [5.41, 5.74) is 4.32. The van der Waals surface area contributed by atoms with E-state index in [1.54, 1.807) is 0 Å². The second-order valence-corrected chi connectivity index (χ2v) is 11.5. The Labute approximate surface area is 216 Å². The Hall–Kier alpha value is -2.06. The van der Waals surface area contributed by atoms with Gasteiger partial charge in [-0.25, -0.2) is 0 Å². The highest BCUT2D eigenvalue weighted by Gasteiger charge is 2.47. The number of aliphatic carboxylic acids is 1. The Morgan fingerprint density at radius 1 is 1.14 bits per heavy atom. The zero-order valence-electron chi connectivity index (χ0n) is 21.9. The minimum absolute atomic E-state index is 0.0902. The number of hydrogen-bond donors (Lipinski definition) is 5. The van der Waals surface area contributed by atoms with Gasteiger partial charge in [-0.05, 0) is 48.0 Å². The molecule has 0 heterocycles. The van der Waals surface area contributed by atoms with Crippen LogP contribution >= 0.6 is 11.8 Å². The molecule has 0 aromatic rings. The molecule has 1 aliphatic rings.